The number of aliphatic hydroxyl groups is 1. The summed E-state index contributed by atoms with van der Waals surface area (Å²) in [6.45, 7) is 4.46. The Balaban J connectivity index is 1.94. The van der Waals surface area contributed by atoms with E-state index < -0.39 is 5.60 Å². The highest BCUT2D eigenvalue weighted by Gasteiger charge is 2.44. The number of hydrogen-bond acceptors (Lipinski definition) is 2. The molecule has 0 amide bonds. The van der Waals surface area contributed by atoms with Gasteiger partial charge in [0.25, 0.3) is 0 Å². The van der Waals surface area contributed by atoms with Gasteiger partial charge in [-0.2, -0.15) is 0 Å². The summed E-state index contributed by atoms with van der Waals surface area (Å²) in [5, 5.41) is 10.6. The number of hydrogen-bond donors (Lipinski definition) is 1. The van der Waals surface area contributed by atoms with Crippen molar-refractivity contribution >= 4 is 0 Å². The monoisotopic (exact) mass is 212 g/mol. The largest absolute Gasteiger partial charge is 0.390 e. The smallest absolute Gasteiger partial charge is 0.0699 e. The fourth-order valence-electron chi connectivity index (χ4n) is 3.29. The molecule has 2 rings (SSSR count). The molecule has 0 saturated carbocycles. The fraction of sp³-hybridized carbons (Fsp3) is 1.00. The SMILES string of the molecule is CCC(CC)CC1(O)CC2CCC(C1)O2. The Morgan fingerprint density at radius 1 is 1.20 bits per heavy atom. The van der Waals surface area contributed by atoms with Crippen molar-refractivity contribution in [3.05, 3.63) is 0 Å². The molecule has 2 nitrogen and oxygen atoms in total. The summed E-state index contributed by atoms with van der Waals surface area (Å²) in [4.78, 5) is 0. The van der Waals surface area contributed by atoms with Gasteiger partial charge in [0.15, 0.2) is 0 Å². The fourth-order valence-corrected chi connectivity index (χ4v) is 3.29. The van der Waals surface area contributed by atoms with Crippen LogP contribution in [0.3, 0.4) is 0 Å². The van der Waals surface area contributed by atoms with Crippen molar-refractivity contribution in [2.45, 2.75) is 76.6 Å². The van der Waals surface area contributed by atoms with Crippen LogP contribution in [0.2, 0.25) is 0 Å². The third kappa shape index (κ3) is 2.54. The highest BCUT2D eigenvalue weighted by Crippen LogP contribution is 2.42. The first kappa shape index (κ1) is 11.4. The maximum Gasteiger partial charge on any atom is 0.0699 e. The van der Waals surface area contributed by atoms with E-state index in [9.17, 15) is 5.11 Å². The van der Waals surface area contributed by atoms with Crippen molar-refractivity contribution in [1.29, 1.82) is 0 Å². The first-order valence-corrected chi connectivity index (χ1v) is 6.53. The zero-order valence-corrected chi connectivity index (χ0v) is 10.0. The molecule has 2 unspecified atom stereocenters. The van der Waals surface area contributed by atoms with Crippen LogP contribution in [0.15, 0.2) is 0 Å². The lowest BCUT2D eigenvalue weighted by atomic mass is 9.80. The van der Waals surface area contributed by atoms with E-state index in [2.05, 4.69) is 13.8 Å². The molecular formula is C13H24O2. The van der Waals surface area contributed by atoms with Gasteiger partial charge in [-0.15, -0.1) is 0 Å². The van der Waals surface area contributed by atoms with Crippen LogP contribution in [-0.4, -0.2) is 22.9 Å². The van der Waals surface area contributed by atoms with Crippen LogP contribution in [0, 0.1) is 5.92 Å². The third-order valence-electron chi connectivity index (χ3n) is 4.23. The van der Waals surface area contributed by atoms with Gasteiger partial charge in [0, 0.05) is 12.8 Å². The van der Waals surface area contributed by atoms with Crippen LogP contribution in [0.25, 0.3) is 0 Å². The predicted octanol–water partition coefficient (Wildman–Crippen LogP) is 2.89. The normalized spacial score (nSPS) is 40.0. The van der Waals surface area contributed by atoms with E-state index >= 15 is 0 Å². The minimum absolute atomic E-state index is 0.350. The Hall–Kier alpha value is -0.0800. The Kier molecular flexibility index (Phi) is 3.36. The van der Waals surface area contributed by atoms with Crippen LogP contribution >= 0.6 is 0 Å². The van der Waals surface area contributed by atoms with Crippen LogP contribution in [0.5, 0.6) is 0 Å². The summed E-state index contributed by atoms with van der Waals surface area (Å²) >= 11 is 0. The molecule has 1 N–H and O–H groups in total. The summed E-state index contributed by atoms with van der Waals surface area (Å²) in [7, 11) is 0. The summed E-state index contributed by atoms with van der Waals surface area (Å²) in [6.07, 6.45) is 8.14. The number of ether oxygens (including phenoxy) is 1. The van der Waals surface area contributed by atoms with E-state index in [1.165, 1.54) is 12.8 Å². The van der Waals surface area contributed by atoms with Crippen LogP contribution in [0.1, 0.15) is 58.8 Å². The van der Waals surface area contributed by atoms with E-state index in [1.807, 2.05) is 0 Å². The summed E-state index contributed by atoms with van der Waals surface area (Å²) in [6, 6.07) is 0. The molecule has 88 valence electrons. The molecule has 2 atom stereocenters. The molecule has 2 saturated heterocycles. The Morgan fingerprint density at radius 3 is 2.20 bits per heavy atom. The second-order valence-corrected chi connectivity index (χ2v) is 5.48. The van der Waals surface area contributed by atoms with Crippen molar-refractivity contribution in [3.8, 4) is 0 Å². The van der Waals surface area contributed by atoms with E-state index in [0.29, 0.717) is 18.1 Å². The predicted molar refractivity (Wildman–Crippen MR) is 60.8 cm³/mol. The zero-order chi connectivity index (χ0) is 10.9. The topological polar surface area (TPSA) is 29.5 Å². The van der Waals surface area contributed by atoms with Crippen LogP contribution < -0.4 is 0 Å². The molecule has 2 heterocycles. The van der Waals surface area contributed by atoms with Gasteiger partial charge in [-0.05, 0) is 25.2 Å². The molecule has 0 aliphatic carbocycles. The van der Waals surface area contributed by atoms with Gasteiger partial charge in [-0.25, -0.2) is 0 Å². The maximum atomic E-state index is 10.6. The molecule has 0 aromatic carbocycles. The van der Waals surface area contributed by atoms with Gasteiger partial charge < -0.3 is 9.84 Å². The number of fused-ring (bicyclic) bond motifs is 2. The molecule has 2 bridgehead atoms. The minimum atomic E-state index is -0.416. The molecule has 2 aliphatic heterocycles. The highest BCUT2D eigenvalue weighted by atomic mass is 16.5. The molecule has 2 heteroatoms. The first-order chi connectivity index (χ1) is 7.15. The quantitative estimate of drug-likeness (QED) is 0.776. The molecule has 2 aliphatic rings. The molecular weight excluding hydrogens is 188 g/mol. The van der Waals surface area contributed by atoms with Crippen molar-refractivity contribution in [3.63, 3.8) is 0 Å². The highest BCUT2D eigenvalue weighted by molar-refractivity contribution is 4.95. The van der Waals surface area contributed by atoms with Gasteiger partial charge in [-0.1, -0.05) is 26.7 Å². The summed E-state index contributed by atoms with van der Waals surface area (Å²) < 4.78 is 5.78. The van der Waals surface area contributed by atoms with Crippen molar-refractivity contribution < 1.29 is 9.84 Å². The third-order valence-corrected chi connectivity index (χ3v) is 4.23. The minimum Gasteiger partial charge on any atom is -0.390 e. The molecule has 2 fully saturated rings. The van der Waals surface area contributed by atoms with E-state index in [-0.39, 0.29) is 0 Å². The van der Waals surface area contributed by atoms with Crippen molar-refractivity contribution in [1.82, 2.24) is 0 Å². The summed E-state index contributed by atoms with van der Waals surface area (Å²) in [5.74, 6) is 0.687. The van der Waals surface area contributed by atoms with E-state index in [0.717, 1.165) is 32.1 Å². The number of rotatable bonds is 4. The second-order valence-electron chi connectivity index (χ2n) is 5.48. The maximum absolute atomic E-state index is 10.6. The molecule has 0 aromatic rings. The molecule has 0 spiro atoms. The lowest BCUT2D eigenvalue weighted by molar-refractivity contribution is -0.120. The lowest BCUT2D eigenvalue weighted by Gasteiger charge is -2.38. The van der Waals surface area contributed by atoms with Gasteiger partial charge >= 0.3 is 0 Å². The van der Waals surface area contributed by atoms with Crippen molar-refractivity contribution in [2.24, 2.45) is 5.92 Å². The average Bonchev–Trinajstić information content (AvgIpc) is 2.55. The summed E-state index contributed by atoms with van der Waals surface area (Å²) in [5.41, 5.74) is -0.416. The standard InChI is InChI=1S/C13H24O2/c1-3-10(4-2)7-13(14)8-11-5-6-12(9-13)15-11/h10-12,14H,3-9H2,1-2H3. The van der Waals surface area contributed by atoms with Gasteiger partial charge in [0.1, 0.15) is 0 Å². The van der Waals surface area contributed by atoms with Crippen LogP contribution in [0.4, 0.5) is 0 Å². The Labute approximate surface area is 93.0 Å². The van der Waals surface area contributed by atoms with Gasteiger partial charge in [0.2, 0.25) is 0 Å². The van der Waals surface area contributed by atoms with Gasteiger partial charge in [0.05, 0.1) is 17.8 Å². The Bertz CT molecular complexity index is 199. The van der Waals surface area contributed by atoms with Gasteiger partial charge in [-0.3, -0.25) is 0 Å². The molecule has 0 aromatic heterocycles. The Morgan fingerprint density at radius 2 is 1.73 bits per heavy atom. The molecule has 0 radical (unpaired) electrons. The van der Waals surface area contributed by atoms with Crippen LogP contribution in [-0.2, 0) is 4.74 Å². The van der Waals surface area contributed by atoms with E-state index in [4.69, 9.17) is 4.74 Å². The van der Waals surface area contributed by atoms with E-state index in [1.54, 1.807) is 0 Å². The zero-order valence-electron chi connectivity index (χ0n) is 10.0. The second kappa shape index (κ2) is 4.42. The first-order valence-electron chi connectivity index (χ1n) is 6.53. The lowest BCUT2D eigenvalue weighted by Crippen LogP contribution is -2.42. The average molecular weight is 212 g/mol. The van der Waals surface area contributed by atoms with Crippen molar-refractivity contribution in [2.75, 3.05) is 0 Å². The molecule has 15 heavy (non-hydrogen) atoms.